The number of hydrogen-bond acceptors (Lipinski definition) is 4. The highest BCUT2D eigenvalue weighted by Gasteiger charge is 2.24. The van der Waals surface area contributed by atoms with Crippen LogP contribution in [0.5, 0.6) is 5.75 Å². The first-order chi connectivity index (χ1) is 10.6. The van der Waals surface area contributed by atoms with Gasteiger partial charge in [-0.15, -0.1) is 0 Å². The second-order valence-corrected chi connectivity index (χ2v) is 7.16. The van der Waals surface area contributed by atoms with E-state index in [-0.39, 0.29) is 12.5 Å². The van der Waals surface area contributed by atoms with Gasteiger partial charge < -0.3 is 10.1 Å². The molecular formula is C17H26N2O2S. The zero-order valence-corrected chi connectivity index (χ0v) is 14.5. The molecule has 1 amide bonds. The maximum Gasteiger partial charge on any atom is 0.257 e. The highest BCUT2D eigenvalue weighted by atomic mass is 32.2. The molecule has 1 aromatic rings. The van der Waals surface area contributed by atoms with Gasteiger partial charge in [0.25, 0.3) is 5.91 Å². The van der Waals surface area contributed by atoms with Crippen molar-refractivity contribution in [2.45, 2.75) is 38.6 Å². The average molecular weight is 322 g/mol. The minimum absolute atomic E-state index is 0.0745. The van der Waals surface area contributed by atoms with E-state index in [2.05, 4.69) is 48.0 Å². The third-order valence-electron chi connectivity index (χ3n) is 4.07. The Hall–Kier alpha value is -1.20. The topological polar surface area (TPSA) is 41.6 Å². The SMILES string of the molecule is CCNC(=O)COc1ccc(CN2CCS[C@@H](C)[C@@H]2C)cc1. The number of carbonyl (C=O) groups is 1. The molecule has 0 radical (unpaired) electrons. The first-order valence-corrected chi connectivity index (χ1v) is 8.99. The van der Waals surface area contributed by atoms with Crippen LogP contribution < -0.4 is 10.1 Å². The van der Waals surface area contributed by atoms with E-state index in [1.54, 1.807) is 0 Å². The van der Waals surface area contributed by atoms with Gasteiger partial charge in [-0.1, -0.05) is 19.1 Å². The summed E-state index contributed by atoms with van der Waals surface area (Å²) < 4.78 is 5.47. The molecule has 0 saturated carbocycles. The molecule has 4 nitrogen and oxygen atoms in total. The summed E-state index contributed by atoms with van der Waals surface area (Å²) in [5.74, 6) is 1.87. The maximum atomic E-state index is 11.4. The Morgan fingerprint density at radius 1 is 1.36 bits per heavy atom. The number of likely N-dealkylation sites (N-methyl/N-ethyl adjacent to an activating group) is 1. The molecule has 1 heterocycles. The molecule has 1 aromatic carbocycles. The highest BCUT2D eigenvalue weighted by Crippen LogP contribution is 2.25. The zero-order valence-electron chi connectivity index (χ0n) is 13.7. The number of carbonyl (C=O) groups excluding carboxylic acids is 1. The zero-order chi connectivity index (χ0) is 15.9. The summed E-state index contributed by atoms with van der Waals surface area (Å²) in [6.07, 6.45) is 0. The second-order valence-electron chi connectivity index (χ2n) is 5.67. The molecule has 1 fully saturated rings. The van der Waals surface area contributed by atoms with Crippen molar-refractivity contribution in [2.75, 3.05) is 25.4 Å². The van der Waals surface area contributed by atoms with Gasteiger partial charge in [-0.05, 0) is 31.5 Å². The Bertz CT molecular complexity index is 478. The van der Waals surface area contributed by atoms with Gasteiger partial charge in [-0.25, -0.2) is 0 Å². The fraction of sp³-hybridized carbons (Fsp3) is 0.588. The number of rotatable bonds is 6. The Morgan fingerprint density at radius 3 is 2.77 bits per heavy atom. The van der Waals surface area contributed by atoms with Crippen molar-refractivity contribution >= 4 is 17.7 Å². The number of hydrogen-bond donors (Lipinski definition) is 1. The summed E-state index contributed by atoms with van der Waals surface area (Å²) in [5, 5.41) is 3.41. The van der Waals surface area contributed by atoms with Crippen LogP contribution in [0.4, 0.5) is 0 Å². The Labute approximate surface area is 137 Å². The molecule has 0 unspecified atom stereocenters. The van der Waals surface area contributed by atoms with Gasteiger partial charge in [0.1, 0.15) is 5.75 Å². The van der Waals surface area contributed by atoms with Gasteiger partial charge >= 0.3 is 0 Å². The number of ether oxygens (including phenoxy) is 1. The summed E-state index contributed by atoms with van der Waals surface area (Å²) >= 11 is 2.06. The summed E-state index contributed by atoms with van der Waals surface area (Å²) in [6, 6.07) is 8.67. The number of nitrogens with zero attached hydrogens (tertiary/aromatic N) is 1. The van der Waals surface area contributed by atoms with Crippen LogP contribution in [0.25, 0.3) is 0 Å². The lowest BCUT2D eigenvalue weighted by molar-refractivity contribution is -0.122. The van der Waals surface area contributed by atoms with Crippen LogP contribution in [-0.4, -0.2) is 47.5 Å². The third kappa shape index (κ3) is 4.92. The standard InChI is InChI=1S/C17H26N2O2S/c1-4-18-17(20)12-21-16-7-5-15(6-8-16)11-19-9-10-22-14(3)13(19)2/h5-8,13-14H,4,9-12H2,1-3H3,(H,18,20)/t13-,14-/m0/s1. The smallest absolute Gasteiger partial charge is 0.257 e. The van der Waals surface area contributed by atoms with Crippen molar-refractivity contribution < 1.29 is 9.53 Å². The van der Waals surface area contributed by atoms with Crippen LogP contribution in [0.1, 0.15) is 26.3 Å². The first-order valence-electron chi connectivity index (χ1n) is 7.94. The van der Waals surface area contributed by atoms with E-state index in [1.165, 1.54) is 11.3 Å². The van der Waals surface area contributed by atoms with E-state index in [0.717, 1.165) is 18.8 Å². The van der Waals surface area contributed by atoms with Crippen molar-refractivity contribution in [3.05, 3.63) is 29.8 Å². The first kappa shape index (κ1) is 17.2. The van der Waals surface area contributed by atoms with E-state index in [4.69, 9.17) is 4.74 Å². The Kier molecular flexibility index (Phi) is 6.58. The van der Waals surface area contributed by atoms with Gasteiger partial charge in [0.15, 0.2) is 6.61 Å². The summed E-state index contributed by atoms with van der Waals surface area (Å²) in [7, 11) is 0. The largest absolute Gasteiger partial charge is 0.484 e. The van der Waals surface area contributed by atoms with E-state index >= 15 is 0 Å². The lowest BCUT2D eigenvalue weighted by Crippen LogP contribution is -2.43. The molecule has 122 valence electrons. The molecule has 1 saturated heterocycles. The quantitative estimate of drug-likeness (QED) is 0.874. The van der Waals surface area contributed by atoms with Gasteiger partial charge in [-0.3, -0.25) is 9.69 Å². The molecule has 1 N–H and O–H groups in total. The fourth-order valence-electron chi connectivity index (χ4n) is 2.54. The van der Waals surface area contributed by atoms with Crippen molar-refractivity contribution in [3.63, 3.8) is 0 Å². The van der Waals surface area contributed by atoms with Crippen molar-refractivity contribution in [3.8, 4) is 5.75 Å². The Morgan fingerprint density at radius 2 is 2.09 bits per heavy atom. The predicted molar refractivity (Wildman–Crippen MR) is 92.4 cm³/mol. The van der Waals surface area contributed by atoms with Gasteiger partial charge in [0.05, 0.1) is 0 Å². The minimum Gasteiger partial charge on any atom is -0.484 e. The van der Waals surface area contributed by atoms with Gasteiger partial charge in [0, 0.05) is 36.7 Å². The van der Waals surface area contributed by atoms with Crippen LogP contribution >= 0.6 is 11.8 Å². The van der Waals surface area contributed by atoms with Crippen LogP contribution in [0.3, 0.4) is 0 Å². The summed E-state index contributed by atoms with van der Waals surface area (Å²) in [6.45, 7) is 9.33. The maximum absolute atomic E-state index is 11.4. The lowest BCUT2D eigenvalue weighted by atomic mass is 10.1. The molecule has 2 rings (SSSR count). The number of nitrogens with one attached hydrogen (secondary N) is 1. The molecule has 0 bridgehead atoms. The van der Waals surface area contributed by atoms with E-state index in [1.807, 2.05) is 19.1 Å². The summed E-state index contributed by atoms with van der Waals surface area (Å²) in [5.41, 5.74) is 1.29. The molecule has 1 aliphatic heterocycles. The van der Waals surface area contributed by atoms with E-state index < -0.39 is 0 Å². The van der Waals surface area contributed by atoms with Crippen LogP contribution in [0, 0.1) is 0 Å². The molecule has 5 heteroatoms. The molecular weight excluding hydrogens is 296 g/mol. The number of thioether (sulfide) groups is 1. The van der Waals surface area contributed by atoms with E-state index in [9.17, 15) is 4.79 Å². The lowest BCUT2D eigenvalue weighted by Gasteiger charge is -2.37. The van der Waals surface area contributed by atoms with Crippen molar-refractivity contribution in [2.24, 2.45) is 0 Å². The average Bonchev–Trinajstić information content (AvgIpc) is 2.51. The second kappa shape index (κ2) is 8.44. The Balaban J connectivity index is 1.85. The molecule has 0 aromatic heterocycles. The van der Waals surface area contributed by atoms with Gasteiger partial charge in [0.2, 0.25) is 0 Å². The third-order valence-corrected chi connectivity index (χ3v) is 5.41. The molecule has 22 heavy (non-hydrogen) atoms. The summed E-state index contributed by atoms with van der Waals surface area (Å²) in [4.78, 5) is 13.9. The van der Waals surface area contributed by atoms with Crippen LogP contribution in [0.15, 0.2) is 24.3 Å². The number of benzene rings is 1. The molecule has 1 aliphatic rings. The van der Waals surface area contributed by atoms with Gasteiger partial charge in [-0.2, -0.15) is 11.8 Å². The van der Waals surface area contributed by atoms with Crippen LogP contribution in [-0.2, 0) is 11.3 Å². The van der Waals surface area contributed by atoms with E-state index in [0.29, 0.717) is 17.8 Å². The molecule has 0 spiro atoms. The fourth-order valence-corrected chi connectivity index (χ4v) is 3.70. The monoisotopic (exact) mass is 322 g/mol. The van der Waals surface area contributed by atoms with Crippen LogP contribution in [0.2, 0.25) is 0 Å². The van der Waals surface area contributed by atoms with Crippen molar-refractivity contribution in [1.29, 1.82) is 0 Å². The molecule has 0 aliphatic carbocycles. The van der Waals surface area contributed by atoms with Crippen molar-refractivity contribution in [1.82, 2.24) is 10.2 Å². The predicted octanol–water partition coefficient (Wildman–Crippen LogP) is 2.53. The normalized spacial score (nSPS) is 22.3. The molecule has 2 atom stereocenters. The highest BCUT2D eigenvalue weighted by molar-refractivity contribution is 8.00. The number of amides is 1. The minimum atomic E-state index is -0.0831.